The standard InChI is InChI=1S/C12H15BrClNO2S/c13-10-4-3-9(12(14)6-10)7-15-11-2-1-5-18(16,17)8-11/h3-4,6,11,15H,1-2,5,7-8H2. The van der Waals surface area contributed by atoms with E-state index in [1.807, 2.05) is 18.2 Å². The van der Waals surface area contributed by atoms with Gasteiger partial charge in [-0.1, -0.05) is 33.6 Å². The first kappa shape index (κ1) is 14.3. The quantitative estimate of drug-likeness (QED) is 0.910. The Morgan fingerprint density at radius 2 is 2.22 bits per heavy atom. The van der Waals surface area contributed by atoms with Crippen molar-refractivity contribution in [3.63, 3.8) is 0 Å². The van der Waals surface area contributed by atoms with Crippen molar-refractivity contribution < 1.29 is 8.42 Å². The van der Waals surface area contributed by atoms with Gasteiger partial charge in [-0.15, -0.1) is 0 Å². The maximum atomic E-state index is 11.5. The Balaban J connectivity index is 1.95. The number of halogens is 2. The number of benzene rings is 1. The van der Waals surface area contributed by atoms with Crippen molar-refractivity contribution in [1.29, 1.82) is 0 Å². The Morgan fingerprint density at radius 1 is 1.44 bits per heavy atom. The number of nitrogens with one attached hydrogen (secondary N) is 1. The van der Waals surface area contributed by atoms with E-state index in [1.165, 1.54) is 0 Å². The molecule has 1 atom stereocenters. The predicted molar refractivity (Wildman–Crippen MR) is 77.7 cm³/mol. The maximum absolute atomic E-state index is 11.5. The molecule has 18 heavy (non-hydrogen) atoms. The summed E-state index contributed by atoms with van der Waals surface area (Å²) in [6.45, 7) is 0.603. The zero-order valence-corrected chi connectivity index (χ0v) is 13.0. The summed E-state index contributed by atoms with van der Waals surface area (Å²) in [5, 5.41) is 3.97. The van der Waals surface area contributed by atoms with Gasteiger partial charge in [-0.3, -0.25) is 0 Å². The smallest absolute Gasteiger partial charge is 0.151 e. The first-order chi connectivity index (χ1) is 8.46. The van der Waals surface area contributed by atoms with E-state index in [-0.39, 0.29) is 11.8 Å². The molecular formula is C12H15BrClNO2S. The van der Waals surface area contributed by atoms with Crippen molar-refractivity contribution in [1.82, 2.24) is 5.32 Å². The summed E-state index contributed by atoms with van der Waals surface area (Å²) in [4.78, 5) is 0. The zero-order valence-electron chi connectivity index (χ0n) is 9.83. The largest absolute Gasteiger partial charge is 0.309 e. The molecule has 1 unspecified atom stereocenters. The average Bonchev–Trinajstić information content (AvgIpc) is 2.26. The van der Waals surface area contributed by atoms with E-state index in [0.717, 1.165) is 22.9 Å². The number of sulfone groups is 1. The van der Waals surface area contributed by atoms with Crippen LogP contribution in [0.1, 0.15) is 18.4 Å². The molecule has 0 spiro atoms. The molecule has 3 nitrogen and oxygen atoms in total. The Hall–Kier alpha value is -0.100. The van der Waals surface area contributed by atoms with Crippen LogP contribution < -0.4 is 5.32 Å². The average molecular weight is 353 g/mol. The van der Waals surface area contributed by atoms with Crippen LogP contribution in [0.2, 0.25) is 5.02 Å². The van der Waals surface area contributed by atoms with E-state index in [4.69, 9.17) is 11.6 Å². The molecular weight excluding hydrogens is 338 g/mol. The topological polar surface area (TPSA) is 46.2 Å². The van der Waals surface area contributed by atoms with Gasteiger partial charge >= 0.3 is 0 Å². The summed E-state index contributed by atoms with van der Waals surface area (Å²) in [6, 6.07) is 5.76. The van der Waals surface area contributed by atoms with Crippen LogP contribution in [0.3, 0.4) is 0 Å². The number of hydrogen-bond donors (Lipinski definition) is 1. The monoisotopic (exact) mass is 351 g/mol. The summed E-state index contributed by atoms with van der Waals surface area (Å²) < 4.78 is 24.0. The number of rotatable bonds is 3. The van der Waals surface area contributed by atoms with Gasteiger partial charge in [0.25, 0.3) is 0 Å². The minimum atomic E-state index is -2.86. The fourth-order valence-corrected chi connectivity index (χ4v) is 4.51. The summed E-state index contributed by atoms with van der Waals surface area (Å²) in [5.41, 5.74) is 0.989. The molecule has 1 N–H and O–H groups in total. The zero-order chi connectivity index (χ0) is 13.2. The van der Waals surface area contributed by atoms with Crippen LogP contribution in [-0.2, 0) is 16.4 Å². The Kier molecular flexibility index (Phi) is 4.69. The lowest BCUT2D eigenvalue weighted by Gasteiger charge is -2.23. The third-order valence-corrected chi connectivity index (χ3v) is 5.73. The van der Waals surface area contributed by atoms with Crippen LogP contribution >= 0.6 is 27.5 Å². The van der Waals surface area contributed by atoms with E-state index in [0.29, 0.717) is 17.3 Å². The van der Waals surface area contributed by atoms with Crippen LogP contribution in [0.25, 0.3) is 0 Å². The van der Waals surface area contributed by atoms with Crippen molar-refractivity contribution in [2.45, 2.75) is 25.4 Å². The van der Waals surface area contributed by atoms with Gasteiger partial charge in [0.1, 0.15) is 0 Å². The van der Waals surface area contributed by atoms with Gasteiger partial charge in [-0.2, -0.15) is 0 Å². The highest BCUT2D eigenvalue weighted by Crippen LogP contribution is 2.21. The fraction of sp³-hybridized carbons (Fsp3) is 0.500. The first-order valence-corrected chi connectivity index (χ1v) is 8.83. The van der Waals surface area contributed by atoms with Crippen molar-refractivity contribution >= 4 is 37.4 Å². The Morgan fingerprint density at radius 3 is 2.89 bits per heavy atom. The second-order valence-corrected chi connectivity index (χ2v) is 8.12. The predicted octanol–water partition coefficient (Wildman–Crippen LogP) is 2.77. The molecule has 1 aliphatic rings. The van der Waals surface area contributed by atoms with Gasteiger partial charge in [0.15, 0.2) is 9.84 Å². The van der Waals surface area contributed by atoms with E-state index in [2.05, 4.69) is 21.2 Å². The summed E-state index contributed by atoms with van der Waals surface area (Å²) in [7, 11) is -2.86. The van der Waals surface area contributed by atoms with Crippen molar-refractivity contribution in [2.75, 3.05) is 11.5 Å². The lowest BCUT2D eigenvalue weighted by Crippen LogP contribution is -2.39. The summed E-state index contributed by atoms with van der Waals surface area (Å²) in [6.07, 6.45) is 1.65. The van der Waals surface area contributed by atoms with Gasteiger partial charge in [-0.25, -0.2) is 8.42 Å². The second kappa shape index (κ2) is 5.90. The molecule has 1 aromatic carbocycles. The van der Waals surface area contributed by atoms with Gasteiger partial charge in [-0.05, 0) is 30.5 Å². The minimum absolute atomic E-state index is 0.0449. The second-order valence-electron chi connectivity index (χ2n) is 4.57. The highest BCUT2D eigenvalue weighted by atomic mass is 79.9. The van der Waals surface area contributed by atoms with E-state index in [9.17, 15) is 8.42 Å². The first-order valence-electron chi connectivity index (χ1n) is 5.84. The third-order valence-electron chi connectivity index (χ3n) is 3.06. The molecule has 0 bridgehead atoms. The fourth-order valence-electron chi connectivity index (χ4n) is 2.10. The van der Waals surface area contributed by atoms with Crippen molar-refractivity contribution in [3.05, 3.63) is 33.3 Å². The highest BCUT2D eigenvalue weighted by Gasteiger charge is 2.24. The highest BCUT2D eigenvalue weighted by molar-refractivity contribution is 9.10. The lowest BCUT2D eigenvalue weighted by atomic mass is 10.1. The van der Waals surface area contributed by atoms with Crippen LogP contribution in [-0.4, -0.2) is 26.0 Å². The molecule has 1 aromatic rings. The molecule has 1 aliphatic heterocycles. The molecule has 0 aliphatic carbocycles. The maximum Gasteiger partial charge on any atom is 0.151 e. The van der Waals surface area contributed by atoms with Crippen LogP contribution in [0.15, 0.2) is 22.7 Å². The van der Waals surface area contributed by atoms with E-state index < -0.39 is 9.84 Å². The SMILES string of the molecule is O=S1(=O)CCCC(NCc2ccc(Br)cc2Cl)C1. The minimum Gasteiger partial charge on any atom is -0.309 e. The van der Waals surface area contributed by atoms with Crippen LogP contribution in [0.5, 0.6) is 0 Å². The molecule has 1 saturated heterocycles. The normalized spacial score (nSPS) is 22.9. The number of hydrogen-bond acceptors (Lipinski definition) is 3. The molecule has 100 valence electrons. The van der Waals surface area contributed by atoms with E-state index in [1.54, 1.807) is 0 Å². The van der Waals surface area contributed by atoms with Crippen molar-refractivity contribution in [3.8, 4) is 0 Å². The van der Waals surface area contributed by atoms with Gasteiger partial charge < -0.3 is 5.32 Å². The van der Waals surface area contributed by atoms with Gasteiger partial charge in [0.05, 0.1) is 11.5 Å². The molecule has 1 fully saturated rings. The summed E-state index contributed by atoms with van der Waals surface area (Å²) >= 11 is 9.47. The van der Waals surface area contributed by atoms with Crippen molar-refractivity contribution in [2.24, 2.45) is 0 Å². The Bertz CT molecular complexity index is 533. The molecule has 2 rings (SSSR count). The summed E-state index contributed by atoms with van der Waals surface area (Å²) in [5.74, 6) is 0.561. The Labute approximate surface area is 121 Å². The molecule has 0 amide bonds. The van der Waals surface area contributed by atoms with Gasteiger partial charge in [0, 0.05) is 22.1 Å². The third kappa shape index (κ3) is 3.95. The molecule has 0 saturated carbocycles. The molecule has 0 aromatic heterocycles. The molecule has 6 heteroatoms. The molecule has 1 heterocycles. The lowest BCUT2D eigenvalue weighted by molar-refractivity contribution is 0.480. The van der Waals surface area contributed by atoms with Crippen LogP contribution in [0, 0.1) is 0 Å². The van der Waals surface area contributed by atoms with E-state index >= 15 is 0 Å². The van der Waals surface area contributed by atoms with Crippen LogP contribution in [0.4, 0.5) is 0 Å². The van der Waals surface area contributed by atoms with Gasteiger partial charge in [0.2, 0.25) is 0 Å². The molecule has 0 radical (unpaired) electrons.